The van der Waals surface area contributed by atoms with E-state index in [1.54, 1.807) is 136 Å². The van der Waals surface area contributed by atoms with Crippen LogP contribution in [0.2, 0.25) is 0 Å². The first-order chi connectivity index (χ1) is 30.0. The molecule has 0 radical (unpaired) electrons. The summed E-state index contributed by atoms with van der Waals surface area (Å²) in [4.78, 5) is 87.5. The number of carbonyl (C=O) groups excluding carboxylic acids is 6. The van der Waals surface area contributed by atoms with Crippen LogP contribution in [-0.4, -0.2) is 172 Å². The van der Waals surface area contributed by atoms with Crippen LogP contribution in [0.1, 0.15) is 55.3 Å². The lowest BCUT2D eigenvalue weighted by Crippen LogP contribution is -2.45. The molecule has 4 unspecified atom stereocenters. The molecule has 6 amide bonds. The normalized spacial score (nSPS) is 13.4. The van der Waals surface area contributed by atoms with E-state index in [4.69, 9.17) is 0 Å². The standard InChI is InChI=1S/C35H43I6N9O14/c1-13(55)49(30-26(38)20(32(61)43-3-16(57)9-51)24(36)21(27(30)39)33(62)44-4-17(58)10-52)7-15(47-48-42)8-50(14(2)56)31-28(40)22(34(63)45-5-18(59)11-53)25(37)23(29(31)41)35(64)46-6-19(60)12-54/h15-19,51-54,57-60H,3-12H2,1-2H3,(H,43,61)(H,44,62)(H,45,63)(H,46,64). The summed E-state index contributed by atoms with van der Waals surface area (Å²) in [5.74, 6) is -4.66. The number of benzene rings is 2. The van der Waals surface area contributed by atoms with Crippen LogP contribution in [0.4, 0.5) is 11.4 Å². The second-order valence-corrected chi connectivity index (χ2v) is 19.9. The third-order valence-electron chi connectivity index (χ3n) is 8.63. The lowest BCUT2D eigenvalue weighted by Gasteiger charge is -2.32. The van der Waals surface area contributed by atoms with Crippen LogP contribution in [0, 0.1) is 21.4 Å². The van der Waals surface area contributed by atoms with Crippen LogP contribution in [-0.2, 0) is 9.59 Å². The summed E-state index contributed by atoms with van der Waals surface area (Å²) in [7, 11) is 0. The number of hydrogen-bond donors (Lipinski definition) is 12. The van der Waals surface area contributed by atoms with Crippen molar-refractivity contribution in [3.8, 4) is 0 Å². The molecule has 29 heteroatoms. The Bertz CT molecular complexity index is 1890. The summed E-state index contributed by atoms with van der Waals surface area (Å²) in [6.45, 7) is -3.07. The average Bonchev–Trinajstić information content (AvgIpc) is 3.24. The fraction of sp³-hybridized carbons (Fsp3) is 0.486. The number of rotatable bonds is 23. The van der Waals surface area contributed by atoms with Crippen LogP contribution >= 0.6 is 136 Å². The first-order valence-electron chi connectivity index (χ1n) is 18.3. The van der Waals surface area contributed by atoms with Crippen molar-refractivity contribution in [2.45, 2.75) is 44.3 Å². The van der Waals surface area contributed by atoms with Crippen molar-refractivity contribution >= 4 is 182 Å². The lowest BCUT2D eigenvalue weighted by atomic mass is 10.0. The molecular formula is C35H43I6N9O14. The second-order valence-electron chi connectivity index (χ2n) is 13.4. The van der Waals surface area contributed by atoms with Crippen molar-refractivity contribution in [1.29, 1.82) is 0 Å². The van der Waals surface area contributed by atoms with Gasteiger partial charge in [0.15, 0.2) is 0 Å². The molecule has 0 aliphatic heterocycles. The highest BCUT2D eigenvalue weighted by Gasteiger charge is 2.36. The molecule has 0 fully saturated rings. The maximum absolute atomic E-state index is 13.7. The van der Waals surface area contributed by atoms with E-state index in [0.29, 0.717) is 0 Å². The van der Waals surface area contributed by atoms with Gasteiger partial charge >= 0.3 is 0 Å². The summed E-state index contributed by atoms with van der Waals surface area (Å²) in [5.41, 5.74) is 9.24. The molecule has 64 heavy (non-hydrogen) atoms. The van der Waals surface area contributed by atoms with Gasteiger partial charge in [-0.1, -0.05) is 5.11 Å². The van der Waals surface area contributed by atoms with E-state index in [2.05, 4.69) is 31.3 Å². The summed E-state index contributed by atoms with van der Waals surface area (Å²) in [6.07, 6.45) is -5.38. The quantitative estimate of drug-likeness (QED) is 0.0295. The topological polar surface area (TPSA) is 368 Å². The Labute approximate surface area is 447 Å². The number of nitrogens with one attached hydrogen (secondary N) is 4. The third-order valence-corrected chi connectivity index (χ3v) is 15.0. The summed E-state index contributed by atoms with van der Waals surface area (Å²) >= 11 is 10.6. The minimum absolute atomic E-state index is 0.0196. The van der Waals surface area contributed by atoms with Crippen molar-refractivity contribution in [3.05, 3.63) is 54.1 Å². The number of azide groups is 1. The molecule has 0 aliphatic rings. The number of halogens is 6. The number of nitrogens with zero attached hydrogens (tertiary/aromatic N) is 5. The largest absolute Gasteiger partial charge is 0.394 e. The van der Waals surface area contributed by atoms with Crippen molar-refractivity contribution in [2.24, 2.45) is 5.11 Å². The van der Waals surface area contributed by atoms with Gasteiger partial charge in [0.2, 0.25) is 11.8 Å². The number of hydrogen-bond acceptors (Lipinski definition) is 15. The van der Waals surface area contributed by atoms with Gasteiger partial charge in [0, 0.05) is 65.2 Å². The van der Waals surface area contributed by atoms with Crippen LogP contribution in [0.15, 0.2) is 5.11 Å². The van der Waals surface area contributed by atoms with E-state index in [9.17, 15) is 75.2 Å². The van der Waals surface area contributed by atoms with Gasteiger partial charge in [0.25, 0.3) is 23.6 Å². The average molecular weight is 1580 g/mol. The molecule has 2 aromatic carbocycles. The third kappa shape index (κ3) is 15.6. The van der Waals surface area contributed by atoms with Gasteiger partial charge in [-0.3, -0.25) is 28.8 Å². The molecule has 0 aliphatic carbocycles. The molecule has 0 spiro atoms. The molecule has 12 N–H and O–H groups in total. The molecule has 23 nitrogen and oxygen atoms in total. The molecule has 2 aromatic rings. The van der Waals surface area contributed by atoms with E-state index in [-0.39, 0.29) is 55.0 Å². The zero-order chi connectivity index (χ0) is 48.7. The van der Waals surface area contributed by atoms with Gasteiger partial charge in [-0.2, -0.15) is 0 Å². The number of anilines is 2. The van der Waals surface area contributed by atoms with E-state index in [1.165, 1.54) is 0 Å². The first kappa shape index (κ1) is 58.8. The van der Waals surface area contributed by atoms with Crippen LogP contribution in [0.25, 0.3) is 10.4 Å². The predicted octanol–water partition coefficient (Wildman–Crippen LogP) is -0.269. The maximum atomic E-state index is 13.7. The number of amides is 6. The zero-order valence-corrected chi connectivity index (χ0v) is 46.4. The molecular weight excluding hydrogens is 1530 g/mol. The van der Waals surface area contributed by atoms with E-state index < -0.39 is 132 Å². The Morgan fingerprint density at radius 1 is 0.516 bits per heavy atom. The SMILES string of the molecule is CC(=O)N(CC(CN(C(C)=O)c1c(I)c(C(=O)NCC(O)CO)c(I)c(C(=O)NCC(O)CO)c1I)N=[N+]=[N-])c1c(I)c(C(=O)NCC(O)CO)c(I)c(C(=O)NCC(O)CO)c1I. The Morgan fingerprint density at radius 2 is 0.750 bits per heavy atom. The predicted molar refractivity (Wildman–Crippen MR) is 280 cm³/mol. The van der Waals surface area contributed by atoms with E-state index in [0.717, 1.165) is 23.6 Å². The van der Waals surface area contributed by atoms with E-state index in [1.807, 2.05) is 0 Å². The van der Waals surface area contributed by atoms with Crippen LogP contribution < -0.4 is 31.1 Å². The monoisotopic (exact) mass is 1570 g/mol. The van der Waals surface area contributed by atoms with Crippen LogP contribution in [0.5, 0.6) is 0 Å². The lowest BCUT2D eigenvalue weighted by molar-refractivity contribution is -0.117. The van der Waals surface area contributed by atoms with Crippen molar-refractivity contribution in [1.82, 2.24) is 21.3 Å². The van der Waals surface area contributed by atoms with Crippen molar-refractivity contribution in [3.63, 3.8) is 0 Å². The Morgan fingerprint density at radius 3 is 0.938 bits per heavy atom. The van der Waals surface area contributed by atoms with Gasteiger partial charge in [0.05, 0.1) is 105 Å². The summed E-state index contributed by atoms with van der Waals surface area (Å²) in [5, 5.41) is 90.9. The molecule has 2 rings (SSSR count). The summed E-state index contributed by atoms with van der Waals surface area (Å²) < 4.78 is 0.604. The van der Waals surface area contributed by atoms with Gasteiger partial charge in [-0.15, -0.1) is 0 Å². The molecule has 0 heterocycles. The minimum atomic E-state index is -1.35. The Balaban J connectivity index is 2.95. The highest BCUT2D eigenvalue weighted by atomic mass is 127. The number of carbonyl (C=O) groups is 6. The highest BCUT2D eigenvalue weighted by Crippen LogP contribution is 2.40. The Kier molecular flexibility index (Phi) is 25.9. The Hall–Kier alpha value is -1.37. The molecule has 354 valence electrons. The fourth-order valence-electron chi connectivity index (χ4n) is 5.41. The number of aliphatic hydroxyl groups excluding tert-OH is 8. The van der Waals surface area contributed by atoms with Crippen molar-refractivity contribution in [2.75, 3.05) is 75.5 Å². The second kappa shape index (κ2) is 28.2. The van der Waals surface area contributed by atoms with Crippen LogP contribution in [0.3, 0.4) is 0 Å². The minimum Gasteiger partial charge on any atom is -0.394 e. The highest BCUT2D eigenvalue weighted by molar-refractivity contribution is 14.1. The molecule has 0 aromatic heterocycles. The van der Waals surface area contributed by atoms with Gasteiger partial charge in [-0.05, 0) is 141 Å². The van der Waals surface area contributed by atoms with E-state index >= 15 is 0 Å². The smallest absolute Gasteiger partial charge is 0.253 e. The molecule has 4 atom stereocenters. The fourth-order valence-corrected chi connectivity index (χ4v) is 14.9. The molecule has 0 bridgehead atoms. The van der Waals surface area contributed by atoms with Gasteiger partial charge in [0.1, 0.15) is 0 Å². The number of aliphatic hydroxyl groups is 8. The summed E-state index contributed by atoms with van der Waals surface area (Å²) in [6, 6.07) is -1.35. The van der Waals surface area contributed by atoms with Gasteiger partial charge < -0.3 is 71.9 Å². The first-order valence-corrected chi connectivity index (χ1v) is 24.8. The maximum Gasteiger partial charge on any atom is 0.253 e. The van der Waals surface area contributed by atoms with Gasteiger partial charge in [-0.25, -0.2) is 0 Å². The zero-order valence-electron chi connectivity index (χ0n) is 33.5. The molecule has 0 saturated carbocycles. The molecule has 0 saturated heterocycles. The van der Waals surface area contributed by atoms with Crippen molar-refractivity contribution < 1.29 is 69.6 Å².